The number of alkyl carbamates (subject to hydrolysis) is 1. The number of rotatable bonds is 0. The van der Waals surface area contributed by atoms with Crippen molar-refractivity contribution in [3.05, 3.63) is 0 Å². The van der Waals surface area contributed by atoms with Crippen LogP contribution < -0.4 is 5.32 Å². The third-order valence-electron chi connectivity index (χ3n) is 4.39. The maximum absolute atomic E-state index is 11.6. The second kappa shape index (κ2) is 3.47. The van der Waals surface area contributed by atoms with Crippen LogP contribution in [0.2, 0.25) is 0 Å². The molecule has 0 aromatic rings. The Morgan fingerprint density at radius 2 is 1.85 bits per heavy atom. The zero-order valence-corrected chi connectivity index (χ0v) is 12.0. The SMILES string of the molecule is CC1(C)O[C@H]2[C@H]3OC(=O)N[C@H]3[C@@]3(COC(C)(C)O3)[C@H]2O1. The predicted molar refractivity (Wildman–Crippen MR) is 64.9 cm³/mol. The topological polar surface area (TPSA) is 75.3 Å². The Labute approximate surface area is 116 Å². The minimum absolute atomic E-state index is 0.317. The average Bonchev–Trinajstić information content (AvgIpc) is 2.96. The molecule has 0 radical (unpaired) electrons. The Kier molecular flexibility index (Phi) is 2.22. The third-order valence-corrected chi connectivity index (χ3v) is 4.39. The van der Waals surface area contributed by atoms with Crippen molar-refractivity contribution in [1.82, 2.24) is 5.32 Å². The van der Waals surface area contributed by atoms with E-state index in [1.165, 1.54) is 0 Å². The Hall–Kier alpha value is -0.890. The fraction of sp³-hybridized carbons (Fsp3) is 0.923. The molecule has 3 heterocycles. The van der Waals surface area contributed by atoms with E-state index in [1.54, 1.807) is 0 Å². The number of carbonyl (C=O) groups excluding carboxylic acids is 1. The number of hydrogen-bond donors (Lipinski definition) is 1. The predicted octanol–water partition coefficient (Wildman–Crippen LogP) is 0.519. The molecule has 0 aromatic heterocycles. The van der Waals surface area contributed by atoms with Crippen LogP contribution in [0, 0.1) is 0 Å². The number of ether oxygens (including phenoxy) is 5. The lowest BCUT2D eigenvalue weighted by Gasteiger charge is -2.34. The molecule has 4 aliphatic rings. The van der Waals surface area contributed by atoms with Gasteiger partial charge in [-0.2, -0.15) is 0 Å². The minimum atomic E-state index is -0.765. The number of nitrogens with one attached hydrogen (secondary N) is 1. The highest BCUT2D eigenvalue weighted by Gasteiger charge is 2.74. The second-order valence-electron chi connectivity index (χ2n) is 6.76. The molecule has 3 aliphatic heterocycles. The molecule has 0 aromatic carbocycles. The summed E-state index contributed by atoms with van der Waals surface area (Å²) < 4.78 is 29.2. The standard InChI is InChI=1S/C13H19NO6/c1-11(2)16-5-13(20-11)8-6(17-10(15)14-8)7-9(13)19-12(3,4)18-7/h6-9H,5H2,1-4H3,(H,14,15)/t6-,7+,8-,9+,13+/m1/s1. The van der Waals surface area contributed by atoms with Crippen LogP contribution >= 0.6 is 0 Å². The fourth-order valence-corrected chi connectivity index (χ4v) is 3.77. The zero-order chi connectivity index (χ0) is 14.3. The molecule has 1 spiro atoms. The molecule has 1 saturated carbocycles. The van der Waals surface area contributed by atoms with Crippen LogP contribution in [0.25, 0.3) is 0 Å². The van der Waals surface area contributed by atoms with Crippen molar-refractivity contribution in [2.45, 2.75) is 69.2 Å². The summed E-state index contributed by atoms with van der Waals surface area (Å²) in [7, 11) is 0. The van der Waals surface area contributed by atoms with Gasteiger partial charge in [0.2, 0.25) is 0 Å². The molecule has 1 amide bonds. The van der Waals surface area contributed by atoms with E-state index in [0.717, 1.165) is 0 Å². The van der Waals surface area contributed by atoms with Crippen LogP contribution in [0.5, 0.6) is 0 Å². The summed E-state index contributed by atoms with van der Waals surface area (Å²) in [4.78, 5) is 11.6. The van der Waals surface area contributed by atoms with Crippen molar-refractivity contribution in [2.75, 3.05) is 6.61 Å². The van der Waals surface area contributed by atoms with Crippen molar-refractivity contribution in [2.24, 2.45) is 0 Å². The highest BCUT2D eigenvalue weighted by atomic mass is 16.8. The van der Waals surface area contributed by atoms with Gasteiger partial charge in [0.05, 0.1) is 6.61 Å². The van der Waals surface area contributed by atoms with Crippen LogP contribution in [0.1, 0.15) is 27.7 Å². The zero-order valence-electron chi connectivity index (χ0n) is 12.0. The van der Waals surface area contributed by atoms with E-state index in [0.29, 0.717) is 6.61 Å². The average molecular weight is 285 g/mol. The summed E-state index contributed by atoms with van der Waals surface area (Å²) in [6.07, 6.45) is -1.52. The monoisotopic (exact) mass is 285 g/mol. The van der Waals surface area contributed by atoms with E-state index in [2.05, 4.69) is 5.32 Å². The summed E-state index contributed by atoms with van der Waals surface area (Å²) in [5.74, 6) is -1.44. The lowest BCUT2D eigenvalue weighted by Crippen LogP contribution is -2.57. The molecule has 1 N–H and O–H groups in total. The van der Waals surface area contributed by atoms with Gasteiger partial charge in [0.25, 0.3) is 0 Å². The molecule has 5 atom stereocenters. The van der Waals surface area contributed by atoms with Crippen LogP contribution in [-0.4, -0.2) is 54.2 Å². The molecule has 7 nitrogen and oxygen atoms in total. The Bertz CT molecular complexity index is 475. The van der Waals surface area contributed by atoms with Gasteiger partial charge in [-0.3, -0.25) is 0 Å². The highest BCUT2D eigenvalue weighted by molar-refractivity contribution is 5.71. The van der Waals surface area contributed by atoms with Crippen LogP contribution in [0.3, 0.4) is 0 Å². The molecule has 4 rings (SSSR count). The molecule has 0 bridgehead atoms. The fourth-order valence-electron chi connectivity index (χ4n) is 3.77. The Balaban J connectivity index is 1.75. The number of hydrogen-bond acceptors (Lipinski definition) is 6. The van der Waals surface area contributed by atoms with Crippen LogP contribution in [0.4, 0.5) is 4.79 Å². The van der Waals surface area contributed by atoms with Gasteiger partial charge >= 0.3 is 6.09 Å². The first kappa shape index (κ1) is 12.8. The molecule has 112 valence electrons. The van der Waals surface area contributed by atoms with E-state index in [1.807, 2.05) is 27.7 Å². The van der Waals surface area contributed by atoms with Crippen molar-refractivity contribution in [1.29, 1.82) is 0 Å². The first-order valence-electron chi connectivity index (χ1n) is 6.89. The molecule has 7 heteroatoms. The van der Waals surface area contributed by atoms with Gasteiger partial charge < -0.3 is 29.0 Å². The maximum Gasteiger partial charge on any atom is 0.408 e. The molecule has 20 heavy (non-hydrogen) atoms. The van der Waals surface area contributed by atoms with E-state index in [-0.39, 0.29) is 18.2 Å². The Morgan fingerprint density at radius 1 is 1.10 bits per heavy atom. The van der Waals surface area contributed by atoms with E-state index in [4.69, 9.17) is 23.7 Å². The van der Waals surface area contributed by atoms with Gasteiger partial charge in [-0.25, -0.2) is 4.79 Å². The van der Waals surface area contributed by atoms with Crippen molar-refractivity contribution in [3.63, 3.8) is 0 Å². The van der Waals surface area contributed by atoms with Crippen molar-refractivity contribution in [3.8, 4) is 0 Å². The third kappa shape index (κ3) is 1.52. The first-order chi connectivity index (χ1) is 9.23. The van der Waals surface area contributed by atoms with Crippen molar-refractivity contribution >= 4 is 6.09 Å². The number of fused-ring (bicyclic) bond motifs is 5. The summed E-state index contributed by atoms with van der Waals surface area (Å²) >= 11 is 0. The molecular weight excluding hydrogens is 266 g/mol. The number of amides is 1. The quantitative estimate of drug-likeness (QED) is 0.699. The second-order valence-corrected chi connectivity index (χ2v) is 6.76. The largest absolute Gasteiger partial charge is 0.441 e. The first-order valence-corrected chi connectivity index (χ1v) is 6.89. The summed E-state index contributed by atoms with van der Waals surface area (Å²) in [5.41, 5.74) is -0.765. The molecule has 0 unspecified atom stereocenters. The van der Waals surface area contributed by atoms with Gasteiger partial charge in [-0.15, -0.1) is 0 Å². The van der Waals surface area contributed by atoms with Crippen LogP contribution in [-0.2, 0) is 23.7 Å². The van der Waals surface area contributed by atoms with E-state index in [9.17, 15) is 4.79 Å². The maximum atomic E-state index is 11.6. The van der Waals surface area contributed by atoms with E-state index < -0.39 is 29.4 Å². The lowest BCUT2D eigenvalue weighted by atomic mass is 9.96. The van der Waals surface area contributed by atoms with Gasteiger partial charge in [0.1, 0.15) is 23.9 Å². The van der Waals surface area contributed by atoms with Crippen molar-refractivity contribution < 1.29 is 28.5 Å². The van der Waals surface area contributed by atoms with E-state index >= 15 is 0 Å². The lowest BCUT2D eigenvalue weighted by molar-refractivity contribution is -0.213. The normalized spacial score (nSPS) is 50.9. The highest BCUT2D eigenvalue weighted by Crippen LogP contribution is 2.52. The van der Waals surface area contributed by atoms with Gasteiger partial charge in [-0.1, -0.05) is 0 Å². The molecule has 1 aliphatic carbocycles. The number of carbonyl (C=O) groups is 1. The summed E-state index contributed by atoms with van der Waals surface area (Å²) in [6, 6.07) is -0.317. The molecule has 4 fully saturated rings. The molecular formula is C13H19NO6. The smallest absolute Gasteiger partial charge is 0.408 e. The summed E-state index contributed by atoms with van der Waals surface area (Å²) in [6.45, 7) is 7.73. The molecule has 3 saturated heterocycles. The van der Waals surface area contributed by atoms with Crippen LogP contribution in [0.15, 0.2) is 0 Å². The Morgan fingerprint density at radius 3 is 2.50 bits per heavy atom. The van der Waals surface area contributed by atoms with Gasteiger partial charge in [0, 0.05) is 0 Å². The minimum Gasteiger partial charge on any atom is -0.441 e. The van der Waals surface area contributed by atoms with Gasteiger partial charge in [0.15, 0.2) is 17.7 Å². The van der Waals surface area contributed by atoms with Gasteiger partial charge in [-0.05, 0) is 27.7 Å². The summed E-state index contributed by atoms with van der Waals surface area (Å²) in [5, 5.41) is 2.82.